The normalized spacial score (nSPS) is 22.0. The van der Waals surface area contributed by atoms with Crippen molar-refractivity contribution in [1.82, 2.24) is 20.4 Å². The van der Waals surface area contributed by atoms with E-state index < -0.39 is 0 Å². The van der Waals surface area contributed by atoms with Gasteiger partial charge >= 0.3 is 0 Å². The summed E-state index contributed by atoms with van der Waals surface area (Å²) in [6.07, 6.45) is 4.48. The Morgan fingerprint density at radius 2 is 2.19 bits per heavy atom. The summed E-state index contributed by atoms with van der Waals surface area (Å²) in [6.45, 7) is 4.04. The second-order valence-corrected chi connectivity index (χ2v) is 5.56. The molecule has 3 rings (SSSR count). The summed E-state index contributed by atoms with van der Waals surface area (Å²) in [6, 6.07) is 9.96. The van der Waals surface area contributed by atoms with E-state index in [2.05, 4.69) is 22.7 Å². The number of carbonyl (C=O) groups excluding carboxylic acids is 1. The molecule has 21 heavy (non-hydrogen) atoms. The number of benzene rings is 1. The highest BCUT2D eigenvalue weighted by Gasteiger charge is 2.23. The second-order valence-electron chi connectivity index (χ2n) is 5.56. The van der Waals surface area contributed by atoms with Gasteiger partial charge in [0.15, 0.2) is 0 Å². The Bertz CT molecular complexity index is 608. The minimum absolute atomic E-state index is 0.0577. The van der Waals surface area contributed by atoms with E-state index in [1.165, 1.54) is 0 Å². The third-order valence-corrected chi connectivity index (χ3v) is 4.01. The molecule has 0 saturated carbocycles. The topological polar surface area (TPSA) is 58.9 Å². The van der Waals surface area contributed by atoms with E-state index in [0.717, 1.165) is 25.2 Å². The third kappa shape index (κ3) is 3.13. The van der Waals surface area contributed by atoms with Crippen LogP contribution in [0.15, 0.2) is 42.7 Å². The lowest BCUT2D eigenvalue weighted by atomic mass is 9.94. The van der Waals surface area contributed by atoms with E-state index in [4.69, 9.17) is 0 Å². The lowest BCUT2D eigenvalue weighted by molar-refractivity contribution is 0.0915. The van der Waals surface area contributed by atoms with Gasteiger partial charge in [-0.3, -0.25) is 4.79 Å². The van der Waals surface area contributed by atoms with Gasteiger partial charge in [0.05, 0.1) is 17.4 Å². The molecule has 2 heterocycles. The maximum Gasteiger partial charge on any atom is 0.254 e. The Morgan fingerprint density at radius 3 is 2.95 bits per heavy atom. The number of hydrogen-bond acceptors (Lipinski definition) is 3. The average Bonchev–Trinajstić information content (AvgIpc) is 3.00. The first-order valence-corrected chi connectivity index (χ1v) is 7.36. The number of aromatic nitrogens is 2. The molecule has 1 aliphatic heterocycles. The molecular weight excluding hydrogens is 264 g/mol. The summed E-state index contributed by atoms with van der Waals surface area (Å²) in [7, 11) is 0. The van der Waals surface area contributed by atoms with Crippen LogP contribution in [-0.2, 0) is 0 Å². The van der Waals surface area contributed by atoms with Crippen molar-refractivity contribution >= 4 is 5.91 Å². The molecule has 0 aliphatic carbocycles. The fraction of sp³-hybridized carbons (Fsp3) is 0.375. The van der Waals surface area contributed by atoms with Crippen molar-refractivity contribution in [2.75, 3.05) is 13.1 Å². The van der Waals surface area contributed by atoms with E-state index in [0.29, 0.717) is 11.5 Å². The van der Waals surface area contributed by atoms with Gasteiger partial charge in [-0.15, -0.1) is 0 Å². The first-order chi connectivity index (χ1) is 10.2. The summed E-state index contributed by atoms with van der Waals surface area (Å²) in [5.41, 5.74) is 1.54. The molecule has 2 unspecified atom stereocenters. The van der Waals surface area contributed by atoms with Gasteiger partial charge < -0.3 is 10.6 Å². The Balaban J connectivity index is 1.69. The third-order valence-electron chi connectivity index (χ3n) is 4.01. The minimum Gasteiger partial charge on any atom is -0.348 e. The monoisotopic (exact) mass is 284 g/mol. The number of hydrogen-bond donors (Lipinski definition) is 2. The second kappa shape index (κ2) is 6.10. The summed E-state index contributed by atoms with van der Waals surface area (Å²) >= 11 is 0. The van der Waals surface area contributed by atoms with Gasteiger partial charge in [0.25, 0.3) is 5.91 Å². The molecular formula is C16H20N4O. The minimum atomic E-state index is -0.0577. The van der Waals surface area contributed by atoms with Gasteiger partial charge in [-0.05, 0) is 31.0 Å². The summed E-state index contributed by atoms with van der Waals surface area (Å²) in [5.74, 6) is 0.442. The van der Waals surface area contributed by atoms with Crippen LogP contribution in [0, 0.1) is 5.92 Å². The quantitative estimate of drug-likeness (QED) is 0.900. The molecule has 110 valence electrons. The number of piperidine rings is 1. The van der Waals surface area contributed by atoms with Crippen molar-refractivity contribution in [3.8, 4) is 5.69 Å². The van der Waals surface area contributed by atoms with Gasteiger partial charge in [0, 0.05) is 18.8 Å². The molecule has 2 atom stereocenters. The van der Waals surface area contributed by atoms with E-state index >= 15 is 0 Å². The predicted octanol–water partition coefficient (Wildman–Crippen LogP) is 1.60. The number of carbonyl (C=O) groups is 1. The molecule has 1 saturated heterocycles. The lowest BCUT2D eigenvalue weighted by Crippen LogP contribution is -2.50. The number of nitrogens with one attached hydrogen (secondary N) is 2. The lowest BCUT2D eigenvalue weighted by Gasteiger charge is -2.30. The summed E-state index contributed by atoms with van der Waals surface area (Å²) in [5, 5.41) is 10.7. The van der Waals surface area contributed by atoms with Crippen molar-refractivity contribution in [2.45, 2.75) is 19.4 Å². The van der Waals surface area contributed by atoms with E-state index in [1.807, 2.05) is 30.3 Å². The van der Waals surface area contributed by atoms with Crippen LogP contribution in [0.3, 0.4) is 0 Å². The van der Waals surface area contributed by atoms with E-state index in [1.54, 1.807) is 17.1 Å². The SMILES string of the molecule is CC1CCNCC1NC(=O)c1cnn(-c2ccccc2)c1. The van der Waals surface area contributed by atoms with Crippen LogP contribution in [0.1, 0.15) is 23.7 Å². The predicted molar refractivity (Wildman–Crippen MR) is 81.5 cm³/mol. The van der Waals surface area contributed by atoms with Crippen LogP contribution in [0.2, 0.25) is 0 Å². The molecule has 0 radical (unpaired) electrons. The van der Waals surface area contributed by atoms with Crippen LogP contribution in [-0.4, -0.2) is 34.8 Å². The van der Waals surface area contributed by atoms with Crippen molar-refractivity contribution in [3.05, 3.63) is 48.3 Å². The van der Waals surface area contributed by atoms with Crippen LogP contribution in [0.4, 0.5) is 0 Å². The molecule has 1 amide bonds. The molecule has 2 N–H and O–H groups in total. The van der Waals surface area contributed by atoms with Gasteiger partial charge in [0.1, 0.15) is 0 Å². The molecule has 1 aromatic carbocycles. The maximum atomic E-state index is 12.3. The zero-order valence-corrected chi connectivity index (χ0v) is 12.1. The van der Waals surface area contributed by atoms with Crippen LogP contribution >= 0.6 is 0 Å². The molecule has 1 aliphatic rings. The molecule has 1 fully saturated rings. The Morgan fingerprint density at radius 1 is 1.38 bits per heavy atom. The molecule has 5 heteroatoms. The van der Waals surface area contributed by atoms with Gasteiger partial charge in [-0.25, -0.2) is 4.68 Å². The smallest absolute Gasteiger partial charge is 0.254 e. The van der Waals surface area contributed by atoms with E-state index in [-0.39, 0.29) is 11.9 Å². The highest BCUT2D eigenvalue weighted by molar-refractivity contribution is 5.94. The summed E-state index contributed by atoms with van der Waals surface area (Å²) in [4.78, 5) is 12.3. The molecule has 0 spiro atoms. The summed E-state index contributed by atoms with van der Waals surface area (Å²) < 4.78 is 1.72. The number of para-hydroxylation sites is 1. The Labute approximate surface area is 124 Å². The molecule has 5 nitrogen and oxygen atoms in total. The fourth-order valence-electron chi connectivity index (χ4n) is 2.60. The van der Waals surface area contributed by atoms with Crippen molar-refractivity contribution in [2.24, 2.45) is 5.92 Å². The Hall–Kier alpha value is -2.14. The molecule has 0 bridgehead atoms. The zero-order valence-electron chi connectivity index (χ0n) is 12.1. The van der Waals surface area contributed by atoms with Crippen molar-refractivity contribution < 1.29 is 4.79 Å². The van der Waals surface area contributed by atoms with Crippen molar-refractivity contribution in [1.29, 1.82) is 0 Å². The number of rotatable bonds is 3. The average molecular weight is 284 g/mol. The zero-order chi connectivity index (χ0) is 14.7. The number of nitrogens with zero attached hydrogens (tertiary/aromatic N) is 2. The van der Waals surface area contributed by atoms with Crippen molar-refractivity contribution in [3.63, 3.8) is 0 Å². The van der Waals surface area contributed by atoms with Gasteiger partial charge in [-0.1, -0.05) is 25.1 Å². The standard InChI is InChI=1S/C16H20N4O/c1-12-7-8-17-10-15(12)19-16(21)13-9-18-20(11-13)14-5-3-2-4-6-14/h2-6,9,11-12,15,17H,7-8,10H2,1H3,(H,19,21). The van der Waals surface area contributed by atoms with Crippen LogP contribution in [0.5, 0.6) is 0 Å². The van der Waals surface area contributed by atoms with Gasteiger partial charge in [0.2, 0.25) is 0 Å². The van der Waals surface area contributed by atoms with E-state index in [9.17, 15) is 4.79 Å². The Kier molecular flexibility index (Phi) is 4.01. The first kappa shape index (κ1) is 13.8. The first-order valence-electron chi connectivity index (χ1n) is 7.36. The number of amides is 1. The van der Waals surface area contributed by atoms with Crippen LogP contribution in [0.25, 0.3) is 5.69 Å². The van der Waals surface area contributed by atoms with Crippen LogP contribution < -0.4 is 10.6 Å². The molecule has 1 aromatic heterocycles. The maximum absolute atomic E-state index is 12.3. The molecule has 2 aromatic rings. The highest BCUT2D eigenvalue weighted by atomic mass is 16.1. The van der Waals surface area contributed by atoms with Gasteiger partial charge in [-0.2, -0.15) is 5.10 Å². The fourth-order valence-corrected chi connectivity index (χ4v) is 2.60. The largest absolute Gasteiger partial charge is 0.348 e. The highest BCUT2D eigenvalue weighted by Crippen LogP contribution is 2.13.